The summed E-state index contributed by atoms with van der Waals surface area (Å²) in [6.07, 6.45) is 0. The summed E-state index contributed by atoms with van der Waals surface area (Å²) < 4.78 is 0. The van der Waals surface area contributed by atoms with Crippen LogP contribution in [0.5, 0.6) is 0 Å². The Kier molecular flexibility index (Phi) is 5.39. The van der Waals surface area contributed by atoms with E-state index in [1.54, 1.807) is 0 Å². The fraction of sp³-hybridized carbons (Fsp3) is 0.500. The van der Waals surface area contributed by atoms with Crippen molar-refractivity contribution in [2.75, 3.05) is 13.2 Å². The van der Waals surface area contributed by atoms with Crippen LogP contribution in [0.2, 0.25) is 0 Å². The van der Waals surface area contributed by atoms with Gasteiger partial charge >= 0.3 is 0 Å². The van der Waals surface area contributed by atoms with Crippen LogP contribution in [0.1, 0.15) is 40.9 Å². The Morgan fingerprint density at radius 1 is 1.56 bits per heavy atom. The Hall–Kier alpha value is -1.31. The largest absolute Gasteiger partial charge is 0.384 e. The first-order valence-electron chi connectivity index (χ1n) is 6.02. The van der Waals surface area contributed by atoms with Gasteiger partial charge in [0.15, 0.2) is 0 Å². The van der Waals surface area contributed by atoms with E-state index >= 15 is 0 Å². The van der Waals surface area contributed by atoms with Crippen LogP contribution in [0.25, 0.3) is 0 Å². The van der Waals surface area contributed by atoms with Crippen molar-refractivity contribution in [2.45, 2.75) is 33.7 Å². The minimum atomic E-state index is -0.159. The summed E-state index contributed by atoms with van der Waals surface area (Å²) in [5, 5.41) is 8.69. The molecule has 98 valence electrons. The van der Waals surface area contributed by atoms with Gasteiger partial charge in [0, 0.05) is 12.6 Å². The lowest BCUT2D eigenvalue weighted by Crippen LogP contribution is -2.36. The van der Waals surface area contributed by atoms with Gasteiger partial charge in [-0.15, -0.1) is 11.3 Å². The molecule has 0 aliphatic heterocycles. The van der Waals surface area contributed by atoms with Crippen LogP contribution in [0, 0.1) is 18.8 Å². The zero-order chi connectivity index (χ0) is 13.7. The van der Waals surface area contributed by atoms with Gasteiger partial charge in [-0.05, 0) is 39.3 Å². The quantitative estimate of drug-likeness (QED) is 0.852. The SMILES string of the molecule is CCN(C(=O)c1cc(C)c(C#CCO)s1)C(C)C. The molecule has 0 radical (unpaired) electrons. The number of nitrogens with zero attached hydrogens (tertiary/aromatic N) is 1. The Bertz CT molecular complexity index is 480. The molecule has 4 heteroatoms. The van der Waals surface area contributed by atoms with Gasteiger partial charge in [0.25, 0.3) is 5.91 Å². The molecule has 1 heterocycles. The number of hydrogen-bond acceptors (Lipinski definition) is 3. The summed E-state index contributed by atoms with van der Waals surface area (Å²) in [4.78, 5) is 15.7. The molecular weight excluding hydrogens is 246 g/mol. The van der Waals surface area contributed by atoms with E-state index in [0.717, 1.165) is 10.4 Å². The molecule has 0 saturated carbocycles. The number of carbonyl (C=O) groups excluding carboxylic acids is 1. The molecule has 0 aromatic carbocycles. The fourth-order valence-electron chi connectivity index (χ4n) is 1.72. The van der Waals surface area contributed by atoms with Crippen molar-refractivity contribution in [1.82, 2.24) is 4.90 Å². The Morgan fingerprint density at radius 2 is 2.22 bits per heavy atom. The molecular formula is C14H19NO2S. The number of rotatable bonds is 3. The molecule has 1 aromatic heterocycles. The average Bonchev–Trinajstić information content (AvgIpc) is 2.68. The van der Waals surface area contributed by atoms with Crippen LogP contribution in [0.3, 0.4) is 0 Å². The van der Waals surface area contributed by atoms with E-state index < -0.39 is 0 Å². The highest BCUT2D eigenvalue weighted by atomic mass is 32.1. The van der Waals surface area contributed by atoms with Crippen molar-refractivity contribution in [3.63, 3.8) is 0 Å². The second kappa shape index (κ2) is 6.58. The van der Waals surface area contributed by atoms with Gasteiger partial charge in [0.2, 0.25) is 0 Å². The van der Waals surface area contributed by atoms with E-state index in [1.165, 1.54) is 11.3 Å². The molecule has 0 aliphatic carbocycles. The number of carbonyl (C=O) groups is 1. The Balaban J connectivity index is 3.00. The van der Waals surface area contributed by atoms with Crippen LogP contribution in [-0.2, 0) is 0 Å². The van der Waals surface area contributed by atoms with Gasteiger partial charge in [0.05, 0.1) is 9.75 Å². The van der Waals surface area contributed by atoms with E-state index in [-0.39, 0.29) is 18.6 Å². The molecule has 0 unspecified atom stereocenters. The molecule has 0 spiro atoms. The van der Waals surface area contributed by atoms with Crippen molar-refractivity contribution in [3.8, 4) is 11.8 Å². The van der Waals surface area contributed by atoms with Crippen molar-refractivity contribution in [1.29, 1.82) is 0 Å². The number of amides is 1. The Morgan fingerprint density at radius 3 is 2.72 bits per heavy atom. The van der Waals surface area contributed by atoms with Gasteiger partial charge in [0.1, 0.15) is 6.61 Å². The van der Waals surface area contributed by atoms with E-state index in [9.17, 15) is 4.79 Å². The second-order valence-corrected chi connectivity index (χ2v) is 5.32. The van der Waals surface area contributed by atoms with Gasteiger partial charge in [-0.25, -0.2) is 0 Å². The standard InChI is InChI=1S/C14H19NO2S/c1-5-15(10(2)3)14(17)13-9-11(4)12(18-13)7-6-8-16/h9-10,16H,5,8H2,1-4H3. The normalized spacial score (nSPS) is 10.1. The fourth-order valence-corrected chi connectivity index (χ4v) is 2.72. The molecule has 3 nitrogen and oxygen atoms in total. The van der Waals surface area contributed by atoms with Crippen LogP contribution in [0.4, 0.5) is 0 Å². The third-order valence-electron chi connectivity index (χ3n) is 2.63. The van der Waals surface area contributed by atoms with Gasteiger partial charge in [-0.1, -0.05) is 11.8 Å². The van der Waals surface area contributed by atoms with Crippen molar-refractivity contribution < 1.29 is 9.90 Å². The van der Waals surface area contributed by atoms with E-state index in [2.05, 4.69) is 11.8 Å². The highest BCUT2D eigenvalue weighted by Gasteiger charge is 2.19. The van der Waals surface area contributed by atoms with Gasteiger partial charge < -0.3 is 10.0 Å². The molecule has 0 fully saturated rings. The summed E-state index contributed by atoms with van der Waals surface area (Å²) in [5.41, 5.74) is 0.990. The number of hydrogen-bond donors (Lipinski definition) is 1. The van der Waals surface area contributed by atoms with E-state index in [4.69, 9.17) is 5.11 Å². The molecule has 0 atom stereocenters. The third-order valence-corrected chi connectivity index (χ3v) is 3.77. The van der Waals surface area contributed by atoms with Crippen LogP contribution < -0.4 is 0 Å². The highest BCUT2D eigenvalue weighted by molar-refractivity contribution is 7.14. The summed E-state index contributed by atoms with van der Waals surface area (Å²) >= 11 is 1.39. The van der Waals surface area contributed by atoms with Gasteiger partial charge in [-0.3, -0.25) is 4.79 Å². The number of aliphatic hydroxyl groups excluding tert-OH is 1. The lowest BCUT2D eigenvalue weighted by atomic mass is 10.2. The minimum Gasteiger partial charge on any atom is -0.384 e. The van der Waals surface area contributed by atoms with Crippen LogP contribution in [-0.4, -0.2) is 35.1 Å². The van der Waals surface area contributed by atoms with E-state index in [0.29, 0.717) is 11.4 Å². The molecule has 1 rings (SSSR count). The maximum absolute atomic E-state index is 12.3. The molecule has 18 heavy (non-hydrogen) atoms. The molecule has 0 saturated heterocycles. The third kappa shape index (κ3) is 3.34. The monoisotopic (exact) mass is 265 g/mol. The number of aliphatic hydroxyl groups is 1. The highest BCUT2D eigenvalue weighted by Crippen LogP contribution is 2.23. The summed E-state index contributed by atoms with van der Waals surface area (Å²) in [5.74, 6) is 5.54. The van der Waals surface area contributed by atoms with Gasteiger partial charge in [-0.2, -0.15) is 0 Å². The molecule has 0 bridgehead atoms. The average molecular weight is 265 g/mol. The van der Waals surface area contributed by atoms with Crippen molar-refractivity contribution in [2.24, 2.45) is 0 Å². The first-order chi connectivity index (χ1) is 8.51. The van der Waals surface area contributed by atoms with Crippen molar-refractivity contribution in [3.05, 3.63) is 21.4 Å². The first-order valence-corrected chi connectivity index (χ1v) is 6.84. The molecule has 1 aromatic rings. The van der Waals surface area contributed by atoms with Crippen LogP contribution >= 0.6 is 11.3 Å². The molecule has 1 N–H and O–H groups in total. The second-order valence-electron chi connectivity index (χ2n) is 4.27. The molecule has 1 amide bonds. The zero-order valence-electron chi connectivity index (χ0n) is 11.3. The predicted octanol–water partition coefficient (Wildman–Crippen LogP) is 2.27. The summed E-state index contributed by atoms with van der Waals surface area (Å²) in [7, 11) is 0. The first kappa shape index (κ1) is 14.7. The number of thiophene rings is 1. The minimum absolute atomic E-state index is 0.0534. The zero-order valence-corrected chi connectivity index (χ0v) is 12.1. The maximum atomic E-state index is 12.3. The lowest BCUT2D eigenvalue weighted by Gasteiger charge is -2.24. The topological polar surface area (TPSA) is 40.5 Å². The maximum Gasteiger partial charge on any atom is 0.264 e. The number of aryl methyl sites for hydroxylation is 1. The summed E-state index contributed by atoms with van der Waals surface area (Å²) in [6, 6.07) is 2.07. The lowest BCUT2D eigenvalue weighted by molar-refractivity contribution is 0.0722. The van der Waals surface area contributed by atoms with E-state index in [1.807, 2.05) is 38.7 Å². The summed E-state index contributed by atoms with van der Waals surface area (Å²) in [6.45, 7) is 8.46. The smallest absolute Gasteiger partial charge is 0.264 e. The molecule has 0 aliphatic rings. The predicted molar refractivity (Wildman–Crippen MR) is 74.9 cm³/mol. The Labute approximate surface area is 112 Å². The van der Waals surface area contributed by atoms with Crippen LogP contribution in [0.15, 0.2) is 6.07 Å². The van der Waals surface area contributed by atoms with Crippen molar-refractivity contribution >= 4 is 17.2 Å².